The molecule has 1 aromatic heterocycles. The summed E-state index contributed by atoms with van der Waals surface area (Å²) >= 11 is 0. The predicted octanol–water partition coefficient (Wildman–Crippen LogP) is 4.52. The van der Waals surface area contributed by atoms with Gasteiger partial charge in [0, 0.05) is 12.1 Å². The minimum atomic E-state index is -0.262. The molecule has 0 bridgehead atoms. The third-order valence-corrected chi connectivity index (χ3v) is 4.68. The van der Waals surface area contributed by atoms with Gasteiger partial charge in [0.25, 0.3) is 0 Å². The standard InChI is InChI=1S/C19H20N2O2/c1-19(2)10-14-17(15(22)11-19)18(16-8-5-9-23-16)21-13-7-4-3-6-12(13)20-14/h3-9,17-18,21H,10-11H2,1-2H3/t17?,18-/m0/s1. The lowest BCUT2D eigenvalue weighted by Crippen LogP contribution is -2.42. The van der Waals surface area contributed by atoms with Crippen molar-refractivity contribution in [3.05, 3.63) is 48.4 Å². The fourth-order valence-electron chi connectivity index (χ4n) is 3.72. The lowest BCUT2D eigenvalue weighted by molar-refractivity contribution is -0.124. The highest BCUT2D eigenvalue weighted by Crippen LogP contribution is 2.44. The third kappa shape index (κ3) is 2.48. The lowest BCUT2D eigenvalue weighted by Gasteiger charge is -2.36. The number of rotatable bonds is 1. The summed E-state index contributed by atoms with van der Waals surface area (Å²) in [6, 6.07) is 11.5. The molecule has 2 atom stereocenters. The van der Waals surface area contributed by atoms with Gasteiger partial charge in [0.05, 0.1) is 29.6 Å². The molecule has 2 aliphatic rings. The third-order valence-electron chi connectivity index (χ3n) is 4.68. The zero-order valence-electron chi connectivity index (χ0n) is 13.4. The van der Waals surface area contributed by atoms with Crippen molar-refractivity contribution in [2.45, 2.75) is 32.7 Å². The van der Waals surface area contributed by atoms with E-state index in [-0.39, 0.29) is 23.2 Å². The first-order chi connectivity index (χ1) is 11.0. The maximum absolute atomic E-state index is 12.9. The van der Waals surface area contributed by atoms with Gasteiger partial charge in [-0.05, 0) is 36.1 Å². The topological polar surface area (TPSA) is 54.6 Å². The number of hydrogen-bond acceptors (Lipinski definition) is 4. The van der Waals surface area contributed by atoms with E-state index in [2.05, 4.69) is 19.2 Å². The van der Waals surface area contributed by atoms with Gasteiger partial charge < -0.3 is 9.73 Å². The summed E-state index contributed by atoms with van der Waals surface area (Å²) < 4.78 is 5.62. The molecule has 2 aromatic rings. The van der Waals surface area contributed by atoms with Crippen LogP contribution in [0.5, 0.6) is 0 Å². The van der Waals surface area contributed by atoms with Gasteiger partial charge in [-0.1, -0.05) is 26.0 Å². The van der Waals surface area contributed by atoms with Gasteiger partial charge in [0.1, 0.15) is 11.5 Å². The Bertz CT molecular complexity index is 774. The number of Topliss-reactive ketones (excluding diaryl/α,β-unsaturated/α-hetero) is 1. The Morgan fingerprint density at radius 3 is 2.78 bits per heavy atom. The maximum Gasteiger partial charge on any atom is 0.144 e. The van der Waals surface area contributed by atoms with Crippen LogP contribution < -0.4 is 5.32 Å². The van der Waals surface area contributed by atoms with Crippen molar-refractivity contribution in [3.8, 4) is 0 Å². The van der Waals surface area contributed by atoms with Crippen molar-refractivity contribution in [1.29, 1.82) is 0 Å². The van der Waals surface area contributed by atoms with Gasteiger partial charge >= 0.3 is 0 Å². The molecule has 1 aliphatic carbocycles. The number of carbonyl (C=O) groups is 1. The Kier molecular flexibility index (Phi) is 3.15. The predicted molar refractivity (Wildman–Crippen MR) is 90.1 cm³/mol. The quantitative estimate of drug-likeness (QED) is 0.842. The number of nitrogens with zero attached hydrogens (tertiary/aromatic N) is 1. The Labute approximate surface area is 135 Å². The SMILES string of the molecule is CC1(C)CC(=O)C2C(=Nc3ccccc3N[C@H]2c2ccco2)C1. The normalized spacial score (nSPS) is 25.7. The zero-order valence-corrected chi connectivity index (χ0v) is 13.4. The molecule has 1 N–H and O–H groups in total. The van der Waals surface area contributed by atoms with Crippen molar-refractivity contribution in [2.24, 2.45) is 16.3 Å². The average molecular weight is 308 g/mol. The summed E-state index contributed by atoms with van der Waals surface area (Å²) in [7, 11) is 0. The number of furan rings is 1. The minimum absolute atomic E-state index is 0.0422. The van der Waals surface area contributed by atoms with E-state index < -0.39 is 0 Å². The van der Waals surface area contributed by atoms with Gasteiger partial charge in [0.15, 0.2) is 0 Å². The molecule has 0 amide bonds. The summed E-state index contributed by atoms with van der Waals surface area (Å²) in [4.78, 5) is 17.8. The molecule has 1 fully saturated rings. The van der Waals surface area contributed by atoms with Crippen LogP contribution in [-0.4, -0.2) is 11.5 Å². The number of nitrogens with one attached hydrogen (secondary N) is 1. The summed E-state index contributed by atoms with van der Waals surface area (Å²) in [5.74, 6) is 0.760. The summed E-state index contributed by atoms with van der Waals surface area (Å²) in [5.41, 5.74) is 2.76. The number of para-hydroxylation sites is 2. The highest BCUT2D eigenvalue weighted by Gasteiger charge is 2.44. The van der Waals surface area contributed by atoms with Crippen LogP contribution in [0.4, 0.5) is 11.4 Å². The first-order valence-corrected chi connectivity index (χ1v) is 8.03. The molecule has 4 heteroatoms. The molecule has 1 unspecified atom stereocenters. The van der Waals surface area contributed by atoms with Crippen LogP contribution in [0.3, 0.4) is 0 Å². The number of aliphatic imine (C=N–C) groups is 1. The number of fused-ring (bicyclic) bond motifs is 2. The highest BCUT2D eigenvalue weighted by molar-refractivity contribution is 6.10. The van der Waals surface area contributed by atoms with Gasteiger partial charge in [-0.15, -0.1) is 0 Å². The first-order valence-electron chi connectivity index (χ1n) is 8.03. The van der Waals surface area contributed by atoms with Crippen molar-refractivity contribution >= 4 is 22.9 Å². The lowest BCUT2D eigenvalue weighted by atomic mass is 9.68. The average Bonchev–Trinajstić information content (AvgIpc) is 2.95. The van der Waals surface area contributed by atoms with Crippen LogP contribution in [0.1, 0.15) is 38.5 Å². The van der Waals surface area contributed by atoms with Crippen LogP contribution in [-0.2, 0) is 4.79 Å². The van der Waals surface area contributed by atoms with E-state index in [9.17, 15) is 4.79 Å². The van der Waals surface area contributed by atoms with Crippen molar-refractivity contribution in [1.82, 2.24) is 0 Å². The number of carbonyl (C=O) groups excluding carboxylic acids is 1. The van der Waals surface area contributed by atoms with Crippen LogP contribution in [0.15, 0.2) is 52.1 Å². The number of hydrogen-bond donors (Lipinski definition) is 1. The summed E-state index contributed by atoms with van der Waals surface area (Å²) in [5, 5.41) is 3.49. The van der Waals surface area contributed by atoms with Crippen molar-refractivity contribution in [2.75, 3.05) is 5.32 Å². The van der Waals surface area contributed by atoms with E-state index in [4.69, 9.17) is 9.41 Å². The summed E-state index contributed by atoms with van der Waals surface area (Å²) in [6.07, 6.45) is 3.06. The largest absolute Gasteiger partial charge is 0.467 e. The Morgan fingerprint density at radius 2 is 2.00 bits per heavy atom. The second kappa shape index (κ2) is 5.08. The van der Waals surface area contributed by atoms with Crippen LogP contribution >= 0.6 is 0 Å². The van der Waals surface area contributed by atoms with E-state index in [0.29, 0.717) is 6.42 Å². The highest BCUT2D eigenvalue weighted by atomic mass is 16.3. The molecule has 0 spiro atoms. The van der Waals surface area contributed by atoms with E-state index in [1.54, 1.807) is 6.26 Å². The molecular weight excluding hydrogens is 288 g/mol. The molecule has 4 rings (SSSR count). The van der Waals surface area contributed by atoms with Crippen molar-refractivity contribution in [3.63, 3.8) is 0 Å². The number of anilines is 1. The molecule has 0 radical (unpaired) electrons. The Morgan fingerprint density at radius 1 is 1.17 bits per heavy atom. The molecule has 118 valence electrons. The van der Waals surface area contributed by atoms with Crippen LogP contribution in [0.2, 0.25) is 0 Å². The number of benzene rings is 1. The second-order valence-corrected chi connectivity index (χ2v) is 7.22. The molecule has 0 saturated heterocycles. The van der Waals surface area contributed by atoms with E-state index in [1.807, 2.05) is 36.4 Å². The molecule has 1 aliphatic heterocycles. The second-order valence-electron chi connectivity index (χ2n) is 7.22. The van der Waals surface area contributed by atoms with Gasteiger partial charge in [-0.25, -0.2) is 0 Å². The Balaban J connectivity index is 1.87. The molecular formula is C19H20N2O2. The molecule has 2 heterocycles. The zero-order chi connectivity index (χ0) is 16.0. The van der Waals surface area contributed by atoms with Gasteiger partial charge in [-0.2, -0.15) is 0 Å². The van der Waals surface area contributed by atoms with E-state index in [1.165, 1.54) is 0 Å². The first kappa shape index (κ1) is 14.2. The van der Waals surface area contributed by atoms with Gasteiger partial charge in [0.2, 0.25) is 0 Å². The van der Waals surface area contributed by atoms with Crippen molar-refractivity contribution < 1.29 is 9.21 Å². The fourth-order valence-corrected chi connectivity index (χ4v) is 3.72. The Hall–Kier alpha value is -2.36. The summed E-state index contributed by atoms with van der Waals surface area (Å²) in [6.45, 7) is 4.27. The number of ketones is 1. The molecule has 1 saturated carbocycles. The minimum Gasteiger partial charge on any atom is -0.467 e. The fraction of sp³-hybridized carbons (Fsp3) is 0.368. The molecule has 1 aromatic carbocycles. The van der Waals surface area contributed by atoms with Crippen LogP contribution in [0.25, 0.3) is 0 Å². The smallest absolute Gasteiger partial charge is 0.144 e. The maximum atomic E-state index is 12.9. The molecule has 23 heavy (non-hydrogen) atoms. The molecule has 4 nitrogen and oxygen atoms in total. The van der Waals surface area contributed by atoms with E-state index >= 15 is 0 Å². The monoisotopic (exact) mass is 308 g/mol. The van der Waals surface area contributed by atoms with E-state index in [0.717, 1.165) is 29.3 Å². The van der Waals surface area contributed by atoms with Gasteiger partial charge in [-0.3, -0.25) is 9.79 Å². The van der Waals surface area contributed by atoms with Crippen LogP contribution in [0, 0.1) is 11.3 Å².